The lowest BCUT2D eigenvalue weighted by atomic mass is 10.1. The first-order valence-corrected chi connectivity index (χ1v) is 6.80. The number of nitrogens with one attached hydrogen (secondary N) is 1. The zero-order chi connectivity index (χ0) is 11.5. The van der Waals surface area contributed by atoms with Crippen molar-refractivity contribution in [2.45, 2.75) is 39.2 Å². The lowest BCUT2D eigenvalue weighted by Crippen LogP contribution is -2.24. The summed E-state index contributed by atoms with van der Waals surface area (Å²) in [6, 6.07) is 0.619. The van der Waals surface area contributed by atoms with Crippen LogP contribution in [0.25, 0.3) is 0 Å². The van der Waals surface area contributed by atoms with E-state index in [1.54, 1.807) is 11.8 Å². The normalized spacial score (nSPS) is 12.5. The standard InChI is InChI=1S/C11H23NO2S/c1-4-10(12-3)7-6-8-15-9-11(13)14-5-2/h10,12H,4-9H2,1-3H3. The van der Waals surface area contributed by atoms with Gasteiger partial charge < -0.3 is 10.1 Å². The van der Waals surface area contributed by atoms with Crippen LogP contribution in [0, 0.1) is 0 Å². The maximum absolute atomic E-state index is 11.0. The second-order valence-corrected chi connectivity index (χ2v) is 4.50. The molecule has 0 saturated carbocycles. The molecule has 0 aliphatic carbocycles. The summed E-state index contributed by atoms with van der Waals surface area (Å²) in [5.41, 5.74) is 0. The molecule has 0 aliphatic rings. The van der Waals surface area contributed by atoms with E-state index < -0.39 is 0 Å². The molecule has 0 aromatic heterocycles. The van der Waals surface area contributed by atoms with E-state index in [9.17, 15) is 4.79 Å². The Balaban J connectivity index is 3.27. The van der Waals surface area contributed by atoms with E-state index in [1.165, 1.54) is 12.8 Å². The van der Waals surface area contributed by atoms with Gasteiger partial charge in [-0.1, -0.05) is 6.92 Å². The minimum Gasteiger partial charge on any atom is -0.465 e. The van der Waals surface area contributed by atoms with Gasteiger partial charge in [0.2, 0.25) is 0 Å². The Morgan fingerprint density at radius 2 is 2.20 bits per heavy atom. The zero-order valence-corrected chi connectivity index (χ0v) is 10.9. The van der Waals surface area contributed by atoms with E-state index in [0.29, 0.717) is 18.4 Å². The van der Waals surface area contributed by atoms with Gasteiger partial charge in [0.05, 0.1) is 12.4 Å². The fourth-order valence-electron chi connectivity index (χ4n) is 1.34. The van der Waals surface area contributed by atoms with Crippen molar-refractivity contribution in [3.63, 3.8) is 0 Å². The van der Waals surface area contributed by atoms with Crippen LogP contribution in [-0.2, 0) is 9.53 Å². The number of hydrogen-bond donors (Lipinski definition) is 1. The fourth-order valence-corrected chi connectivity index (χ4v) is 2.11. The zero-order valence-electron chi connectivity index (χ0n) is 10.0. The predicted octanol–water partition coefficient (Wildman–Crippen LogP) is 2.06. The molecule has 0 amide bonds. The second-order valence-electron chi connectivity index (χ2n) is 3.39. The highest BCUT2D eigenvalue weighted by Gasteiger charge is 2.04. The topological polar surface area (TPSA) is 38.3 Å². The van der Waals surface area contributed by atoms with Gasteiger partial charge in [-0.2, -0.15) is 11.8 Å². The van der Waals surface area contributed by atoms with Crippen LogP contribution in [-0.4, -0.2) is 37.2 Å². The van der Waals surface area contributed by atoms with Gasteiger partial charge in [0, 0.05) is 6.04 Å². The average molecular weight is 233 g/mol. The van der Waals surface area contributed by atoms with Gasteiger partial charge in [-0.15, -0.1) is 0 Å². The van der Waals surface area contributed by atoms with E-state index in [2.05, 4.69) is 12.2 Å². The fraction of sp³-hybridized carbons (Fsp3) is 0.909. The van der Waals surface area contributed by atoms with Crippen LogP contribution >= 0.6 is 11.8 Å². The van der Waals surface area contributed by atoms with E-state index in [1.807, 2.05) is 14.0 Å². The Hall–Kier alpha value is -0.220. The number of carbonyl (C=O) groups excluding carboxylic acids is 1. The molecule has 0 aliphatic heterocycles. The molecule has 15 heavy (non-hydrogen) atoms. The number of hydrogen-bond acceptors (Lipinski definition) is 4. The van der Waals surface area contributed by atoms with Crippen molar-refractivity contribution in [3.8, 4) is 0 Å². The first kappa shape index (κ1) is 14.8. The van der Waals surface area contributed by atoms with Crippen LogP contribution in [0.2, 0.25) is 0 Å². The summed E-state index contributed by atoms with van der Waals surface area (Å²) >= 11 is 1.66. The van der Waals surface area contributed by atoms with Crippen LogP contribution in [0.1, 0.15) is 33.1 Å². The van der Waals surface area contributed by atoms with E-state index in [-0.39, 0.29) is 5.97 Å². The summed E-state index contributed by atoms with van der Waals surface area (Å²) in [5, 5.41) is 3.27. The summed E-state index contributed by atoms with van der Waals surface area (Å²) in [4.78, 5) is 11.0. The molecule has 4 heteroatoms. The molecule has 1 atom stereocenters. The second kappa shape index (κ2) is 10.3. The van der Waals surface area contributed by atoms with Gasteiger partial charge in [-0.05, 0) is 39.0 Å². The third-order valence-electron chi connectivity index (χ3n) is 2.27. The lowest BCUT2D eigenvalue weighted by Gasteiger charge is -2.12. The summed E-state index contributed by atoms with van der Waals surface area (Å²) < 4.78 is 4.84. The van der Waals surface area contributed by atoms with Crippen molar-refractivity contribution < 1.29 is 9.53 Å². The van der Waals surface area contributed by atoms with Crippen LogP contribution in [0.5, 0.6) is 0 Å². The number of thioether (sulfide) groups is 1. The third kappa shape index (κ3) is 8.75. The number of rotatable bonds is 9. The molecule has 0 saturated heterocycles. The van der Waals surface area contributed by atoms with Gasteiger partial charge >= 0.3 is 5.97 Å². The number of carbonyl (C=O) groups is 1. The van der Waals surface area contributed by atoms with Crippen LogP contribution in [0.15, 0.2) is 0 Å². The first-order chi connectivity index (χ1) is 7.24. The van der Waals surface area contributed by atoms with Crippen molar-refractivity contribution in [2.24, 2.45) is 0 Å². The highest BCUT2D eigenvalue weighted by Crippen LogP contribution is 2.08. The highest BCUT2D eigenvalue weighted by atomic mass is 32.2. The van der Waals surface area contributed by atoms with E-state index in [0.717, 1.165) is 12.2 Å². The molecule has 0 spiro atoms. The van der Waals surface area contributed by atoms with Gasteiger partial charge in [-0.3, -0.25) is 4.79 Å². The SMILES string of the molecule is CCOC(=O)CSCCCC(CC)NC. The molecule has 0 rings (SSSR count). The van der Waals surface area contributed by atoms with Gasteiger partial charge in [-0.25, -0.2) is 0 Å². The Kier molecular flexibility index (Phi) is 10.2. The Bertz CT molecular complexity index is 161. The molecule has 0 bridgehead atoms. The molecular weight excluding hydrogens is 210 g/mol. The molecule has 1 N–H and O–H groups in total. The monoisotopic (exact) mass is 233 g/mol. The molecule has 0 aromatic rings. The van der Waals surface area contributed by atoms with Crippen LogP contribution in [0.4, 0.5) is 0 Å². The lowest BCUT2D eigenvalue weighted by molar-refractivity contribution is -0.139. The summed E-state index contributed by atoms with van der Waals surface area (Å²) in [6.07, 6.45) is 3.51. The predicted molar refractivity (Wildman–Crippen MR) is 66.3 cm³/mol. The minimum absolute atomic E-state index is 0.0943. The van der Waals surface area contributed by atoms with Crippen molar-refractivity contribution in [3.05, 3.63) is 0 Å². The maximum Gasteiger partial charge on any atom is 0.315 e. The molecular formula is C11H23NO2S. The van der Waals surface area contributed by atoms with Gasteiger partial charge in [0.25, 0.3) is 0 Å². The van der Waals surface area contributed by atoms with E-state index >= 15 is 0 Å². The van der Waals surface area contributed by atoms with Gasteiger partial charge in [0.15, 0.2) is 0 Å². The number of esters is 1. The van der Waals surface area contributed by atoms with Crippen molar-refractivity contribution in [1.29, 1.82) is 0 Å². The maximum atomic E-state index is 11.0. The van der Waals surface area contributed by atoms with Crippen molar-refractivity contribution in [1.82, 2.24) is 5.32 Å². The first-order valence-electron chi connectivity index (χ1n) is 5.65. The molecule has 0 radical (unpaired) electrons. The van der Waals surface area contributed by atoms with E-state index in [4.69, 9.17) is 4.74 Å². The largest absolute Gasteiger partial charge is 0.465 e. The Morgan fingerprint density at radius 1 is 1.47 bits per heavy atom. The summed E-state index contributed by atoms with van der Waals surface area (Å²) in [6.45, 7) is 4.51. The summed E-state index contributed by atoms with van der Waals surface area (Å²) in [5.74, 6) is 1.43. The molecule has 0 heterocycles. The quantitative estimate of drug-likeness (QED) is 0.489. The summed E-state index contributed by atoms with van der Waals surface area (Å²) in [7, 11) is 2.00. The average Bonchev–Trinajstić information content (AvgIpc) is 2.24. The van der Waals surface area contributed by atoms with Crippen LogP contribution < -0.4 is 5.32 Å². The van der Waals surface area contributed by atoms with Crippen molar-refractivity contribution >= 4 is 17.7 Å². The molecule has 1 unspecified atom stereocenters. The third-order valence-corrected chi connectivity index (χ3v) is 3.28. The molecule has 0 fully saturated rings. The van der Waals surface area contributed by atoms with Crippen LogP contribution in [0.3, 0.4) is 0 Å². The minimum atomic E-state index is -0.0943. The smallest absolute Gasteiger partial charge is 0.315 e. The van der Waals surface area contributed by atoms with Gasteiger partial charge in [0.1, 0.15) is 0 Å². The molecule has 0 aromatic carbocycles. The Morgan fingerprint density at radius 3 is 2.73 bits per heavy atom. The highest BCUT2D eigenvalue weighted by molar-refractivity contribution is 7.99. The van der Waals surface area contributed by atoms with Crippen molar-refractivity contribution in [2.75, 3.05) is 25.2 Å². The molecule has 3 nitrogen and oxygen atoms in total. The molecule has 90 valence electrons. The number of ether oxygens (including phenoxy) is 1. The Labute approximate surface area is 97.3 Å².